The number of nitrogens with zero attached hydrogens (tertiary/aromatic N) is 1. The molecule has 7 heteroatoms. The lowest BCUT2D eigenvalue weighted by atomic mass is 10.0. The minimum absolute atomic E-state index is 0.0150. The van der Waals surface area contributed by atoms with Crippen LogP contribution in [0.25, 0.3) is 0 Å². The Labute approximate surface area is 132 Å². The molecule has 1 heterocycles. The van der Waals surface area contributed by atoms with Gasteiger partial charge in [0.2, 0.25) is 11.8 Å². The van der Waals surface area contributed by atoms with Crippen LogP contribution in [0.3, 0.4) is 0 Å². The zero-order chi connectivity index (χ0) is 16.9. The van der Waals surface area contributed by atoms with Crippen molar-refractivity contribution in [2.45, 2.75) is 40.2 Å². The van der Waals surface area contributed by atoms with Crippen LogP contribution in [0.5, 0.6) is 0 Å². The molecule has 0 bridgehead atoms. The number of amides is 2. The molecule has 0 unspecified atom stereocenters. The monoisotopic (exact) mass is 330 g/mol. The van der Waals surface area contributed by atoms with Crippen LogP contribution in [0.4, 0.5) is 0 Å². The van der Waals surface area contributed by atoms with Gasteiger partial charge >= 0.3 is 0 Å². The summed E-state index contributed by atoms with van der Waals surface area (Å²) in [5.41, 5.74) is -0.198. The molecule has 2 aliphatic rings. The van der Waals surface area contributed by atoms with E-state index in [0.29, 0.717) is 0 Å². The Morgan fingerprint density at radius 1 is 1.18 bits per heavy atom. The highest BCUT2D eigenvalue weighted by atomic mass is 32.2. The molecule has 2 amide bonds. The molecule has 1 atom stereocenters. The quantitative estimate of drug-likeness (QED) is 0.813. The van der Waals surface area contributed by atoms with Gasteiger partial charge in [0.25, 0.3) is 0 Å². The van der Waals surface area contributed by atoms with E-state index in [1.54, 1.807) is 4.90 Å². The summed E-state index contributed by atoms with van der Waals surface area (Å²) in [6.07, 6.45) is 0.0368. The summed E-state index contributed by atoms with van der Waals surface area (Å²) in [4.78, 5) is 26.2. The molecule has 1 N–H and O–H groups in total. The lowest BCUT2D eigenvalue weighted by molar-refractivity contribution is -0.136. The molecule has 1 aliphatic heterocycles. The van der Waals surface area contributed by atoms with Crippen molar-refractivity contribution in [2.24, 2.45) is 16.7 Å². The van der Waals surface area contributed by atoms with Gasteiger partial charge in [-0.3, -0.25) is 9.59 Å². The first-order valence-corrected chi connectivity index (χ1v) is 9.47. The summed E-state index contributed by atoms with van der Waals surface area (Å²) in [7, 11) is -1.68. The van der Waals surface area contributed by atoms with Crippen molar-refractivity contribution in [3.63, 3.8) is 0 Å². The van der Waals surface area contributed by atoms with Crippen LogP contribution in [-0.2, 0) is 19.4 Å². The largest absolute Gasteiger partial charge is 0.359 e. The van der Waals surface area contributed by atoms with E-state index >= 15 is 0 Å². The minimum Gasteiger partial charge on any atom is -0.359 e. The molecule has 0 radical (unpaired) electrons. The van der Waals surface area contributed by atoms with Gasteiger partial charge < -0.3 is 10.2 Å². The van der Waals surface area contributed by atoms with E-state index in [0.717, 1.165) is 0 Å². The number of carbonyl (C=O) groups excluding carboxylic acids is 2. The lowest BCUT2D eigenvalue weighted by Crippen LogP contribution is -2.53. The first-order valence-electron chi connectivity index (χ1n) is 7.65. The molecule has 2 fully saturated rings. The number of sulfone groups is 1. The fraction of sp³-hybridized carbons (Fsp3) is 0.867. The number of carbonyl (C=O) groups is 2. The molecule has 0 spiro atoms. The number of hydrogen-bond acceptors (Lipinski definition) is 4. The fourth-order valence-corrected chi connectivity index (χ4v) is 5.17. The van der Waals surface area contributed by atoms with E-state index in [1.807, 2.05) is 0 Å². The predicted molar refractivity (Wildman–Crippen MR) is 83.9 cm³/mol. The van der Waals surface area contributed by atoms with Crippen LogP contribution in [0.15, 0.2) is 0 Å². The second-order valence-electron chi connectivity index (χ2n) is 7.55. The summed E-state index contributed by atoms with van der Waals surface area (Å²) in [6.45, 7) is 8.42. The number of rotatable bonds is 3. The Morgan fingerprint density at radius 2 is 1.73 bits per heavy atom. The molecule has 1 aliphatic carbocycles. The molecule has 0 aromatic heterocycles. The number of nitrogens with one attached hydrogen (secondary N) is 1. The predicted octanol–water partition coefficient (Wildman–Crippen LogP) is 0.430. The van der Waals surface area contributed by atoms with Gasteiger partial charge in [-0.15, -0.1) is 0 Å². The zero-order valence-electron chi connectivity index (χ0n) is 14.0. The Hall–Kier alpha value is -1.11. The summed E-state index contributed by atoms with van der Waals surface area (Å²) in [5, 5.41) is 2.50. The Balaban J connectivity index is 2.20. The smallest absolute Gasteiger partial charge is 0.227 e. The molecular weight excluding hydrogens is 304 g/mol. The highest BCUT2D eigenvalue weighted by Gasteiger charge is 2.69. The maximum absolute atomic E-state index is 12.9. The Bertz CT molecular complexity index is 581. The van der Waals surface area contributed by atoms with Crippen LogP contribution in [0.2, 0.25) is 0 Å². The molecule has 6 nitrogen and oxygen atoms in total. The average Bonchev–Trinajstić information content (AvgIpc) is 2.78. The topological polar surface area (TPSA) is 83.6 Å². The van der Waals surface area contributed by atoms with E-state index in [9.17, 15) is 18.0 Å². The van der Waals surface area contributed by atoms with Gasteiger partial charge in [-0.2, -0.15) is 0 Å². The van der Waals surface area contributed by atoms with Crippen molar-refractivity contribution in [1.29, 1.82) is 0 Å². The Morgan fingerprint density at radius 3 is 2.18 bits per heavy atom. The van der Waals surface area contributed by atoms with Crippen molar-refractivity contribution >= 4 is 21.7 Å². The van der Waals surface area contributed by atoms with Gasteiger partial charge in [-0.05, 0) is 10.8 Å². The van der Waals surface area contributed by atoms with Crippen LogP contribution in [-0.4, -0.2) is 56.3 Å². The van der Waals surface area contributed by atoms with E-state index in [2.05, 4.69) is 33.0 Å². The molecule has 0 aromatic rings. The SMILES string of the molecule is CNC(=O)C[C@H]1CS(=O)(=O)CCN1C(=O)C1C(C)(C)C1(C)C. The van der Waals surface area contributed by atoms with Gasteiger partial charge in [-0.1, -0.05) is 27.7 Å². The Kier molecular flexibility index (Phi) is 4.09. The normalized spacial score (nSPS) is 29.0. The molecule has 1 saturated carbocycles. The van der Waals surface area contributed by atoms with Crippen molar-refractivity contribution < 1.29 is 18.0 Å². The van der Waals surface area contributed by atoms with Crippen molar-refractivity contribution in [3.8, 4) is 0 Å². The van der Waals surface area contributed by atoms with Gasteiger partial charge in [0, 0.05) is 25.9 Å². The van der Waals surface area contributed by atoms with Crippen molar-refractivity contribution in [1.82, 2.24) is 10.2 Å². The van der Waals surface area contributed by atoms with Gasteiger partial charge in [-0.25, -0.2) is 8.42 Å². The zero-order valence-corrected chi connectivity index (χ0v) is 14.8. The third-order valence-electron chi connectivity index (χ3n) is 5.78. The van der Waals surface area contributed by atoms with Crippen LogP contribution >= 0.6 is 0 Å². The van der Waals surface area contributed by atoms with Gasteiger partial charge in [0.05, 0.1) is 17.5 Å². The van der Waals surface area contributed by atoms with E-state index in [-0.39, 0.29) is 53.0 Å². The average molecular weight is 330 g/mol. The highest BCUT2D eigenvalue weighted by Crippen LogP contribution is 2.68. The van der Waals surface area contributed by atoms with E-state index < -0.39 is 15.9 Å². The molecule has 1 saturated heterocycles. The second-order valence-corrected chi connectivity index (χ2v) is 9.78. The van der Waals surface area contributed by atoms with E-state index in [1.165, 1.54) is 7.05 Å². The third-order valence-corrected chi connectivity index (χ3v) is 7.48. The number of hydrogen-bond donors (Lipinski definition) is 1. The van der Waals surface area contributed by atoms with Crippen LogP contribution < -0.4 is 5.32 Å². The summed E-state index contributed by atoms with van der Waals surface area (Å²) < 4.78 is 23.7. The summed E-state index contributed by atoms with van der Waals surface area (Å²) in [5.74, 6) is -0.517. The fourth-order valence-electron chi connectivity index (χ4n) is 3.64. The van der Waals surface area contributed by atoms with Crippen LogP contribution in [0, 0.1) is 16.7 Å². The molecule has 22 heavy (non-hydrogen) atoms. The summed E-state index contributed by atoms with van der Waals surface area (Å²) >= 11 is 0. The van der Waals surface area contributed by atoms with Crippen molar-refractivity contribution in [2.75, 3.05) is 25.1 Å². The molecule has 2 rings (SSSR count). The first-order chi connectivity index (χ1) is 9.94. The third kappa shape index (κ3) is 2.75. The maximum Gasteiger partial charge on any atom is 0.227 e. The van der Waals surface area contributed by atoms with Crippen LogP contribution in [0.1, 0.15) is 34.1 Å². The molecular formula is C15H26N2O4S. The molecule has 126 valence electrons. The van der Waals surface area contributed by atoms with E-state index in [4.69, 9.17) is 0 Å². The summed E-state index contributed by atoms with van der Waals surface area (Å²) in [6, 6.07) is -0.557. The maximum atomic E-state index is 12.9. The standard InChI is InChI=1S/C15H26N2O4S/c1-14(2)12(15(14,3)4)13(19)17-6-7-22(20,21)9-10(17)8-11(18)16-5/h10,12H,6-9H2,1-5H3,(H,16,18)/t10-/m0/s1. The lowest BCUT2D eigenvalue weighted by Gasteiger charge is -2.35. The second kappa shape index (κ2) is 5.22. The van der Waals surface area contributed by atoms with Gasteiger partial charge in [0.15, 0.2) is 9.84 Å². The van der Waals surface area contributed by atoms with Crippen molar-refractivity contribution in [3.05, 3.63) is 0 Å². The minimum atomic E-state index is -3.19. The molecule has 0 aromatic carbocycles. The van der Waals surface area contributed by atoms with Gasteiger partial charge in [0.1, 0.15) is 0 Å². The first kappa shape index (κ1) is 17.2. The highest BCUT2D eigenvalue weighted by molar-refractivity contribution is 7.91.